The number of rotatable bonds is 8. The van der Waals surface area contributed by atoms with Crippen molar-refractivity contribution in [2.45, 2.75) is 24.8 Å². The van der Waals surface area contributed by atoms with Crippen molar-refractivity contribution in [3.63, 3.8) is 0 Å². The Hall–Kier alpha value is -3.39. The number of methoxy groups -OCH3 is 2. The van der Waals surface area contributed by atoms with Crippen LogP contribution in [0.4, 0.5) is 0 Å². The molecule has 0 aliphatic carbocycles. The van der Waals surface area contributed by atoms with Gasteiger partial charge in [0.05, 0.1) is 20.4 Å². The topological polar surface area (TPSA) is 85.7 Å². The molecule has 0 spiro atoms. The van der Waals surface area contributed by atoms with Gasteiger partial charge in [-0.1, -0.05) is 23.9 Å². The molecule has 0 saturated heterocycles. The van der Waals surface area contributed by atoms with Gasteiger partial charge in [-0.15, -0.1) is 0 Å². The van der Waals surface area contributed by atoms with Gasteiger partial charge in [-0.25, -0.2) is 15.4 Å². The third kappa shape index (κ3) is 6.55. The minimum atomic E-state index is -0.289. The smallest absolute Gasteiger partial charge is 0.271 e. The van der Waals surface area contributed by atoms with Crippen LogP contribution in [0.1, 0.15) is 32.9 Å². The van der Waals surface area contributed by atoms with Gasteiger partial charge in [0.15, 0.2) is 5.16 Å². The molecule has 1 aromatic heterocycles. The van der Waals surface area contributed by atoms with E-state index in [0.29, 0.717) is 17.1 Å². The second kappa shape index (κ2) is 10.6. The van der Waals surface area contributed by atoms with Gasteiger partial charge in [-0.2, -0.15) is 5.10 Å². The first kappa shape index (κ1) is 22.3. The Bertz CT molecular complexity index is 1040. The van der Waals surface area contributed by atoms with Gasteiger partial charge in [0.2, 0.25) is 0 Å². The summed E-state index contributed by atoms with van der Waals surface area (Å²) in [4.78, 5) is 21.2. The van der Waals surface area contributed by atoms with Crippen LogP contribution in [0.3, 0.4) is 0 Å². The summed E-state index contributed by atoms with van der Waals surface area (Å²) in [6, 6.07) is 14.7. The van der Waals surface area contributed by atoms with E-state index >= 15 is 0 Å². The summed E-state index contributed by atoms with van der Waals surface area (Å²) >= 11 is 1.57. The van der Waals surface area contributed by atoms with Crippen LogP contribution in [0.2, 0.25) is 0 Å². The Kier molecular flexibility index (Phi) is 7.61. The summed E-state index contributed by atoms with van der Waals surface area (Å²) in [6.07, 6.45) is 1.54. The highest BCUT2D eigenvalue weighted by molar-refractivity contribution is 7.98. The van der Waals surface area contributed by atoms with Crippen molar-refractivity contribution in [2.24, 2.45) is 5.10 Å². The lowest BCUT2D eigenvalue weighted by Gasteiger charge is -2.06. The Balaban J connectivity index is 1.57. The monoisotopic (exact) mass is 436 g/mol. The minimum absolute atomic E-state index is 0.289. The van der Waals surface area contributed by atoms with Gasteiger partial charge in [0, 0.05) is 34.3 Å². The maximum Gasteiger partial charge on any atom is 0.271 e. The van der Waals surface area contributed by atoms with Gasteiger partial charge < -0.3 is 9.47 Å². The lowest BCUT2D eigenvalue weighted by atomic mass is 10.1. The normalized spacial score (nSPS) is 10.8. The van der Waals surface area contributed by atoms with E-state index in [-0.39, 0.29) is 5.91 Å². The largest absolute Gasteiger partial charge is 0.497 e. The fraction of sp³-hybridized carbons (Fsp3) is 0.217. The summed E-state index contributed by atoms with van der Waals surface area (Å²) in [5.74, 6) is 1.72. The Morgan fingerprint density at radius 1 is 1.00 bits per heavy atom. The predicted octanol–water partition coefficient (Wildman–Crippen LogP) is 4.17. The number of amides is 1. The van der Waals surface area contributed by atoms with Gasteiger partial charge >= 0.3 is 0 Å². The number of benzene rings is 2. The summed E-state index contributed by atoms with van der Waals surface area (Å²) in [5.41, 5.74) is 6.80. The summed E-state index contributed by atoms with van der Waals surface area (Å²) < 4.78 is 10.5. The van der Waals surface area contributed by atoms with Crippen LogP contribution >= 0.6 is 11.8 Å². The molecule has 8 heteroatoms. The lowest BCUT2D eigenvalue weighted by molar-refractivity contribution is 0.0955. The number of carbonyl (C=O) groups is 1. The Morgan fingerprint density at radius 2 is 1.61 bits per heavy atom. The summed E-state index contributed by atoms with van der Waals surface area (Å²) in [5, 5.41) is 4.78. The van der Waals surface area contributed by atoms with E-state index in [9.17, 15) is 4.79 Å². The molecule has 0 aliphatic heterocycles. The van der Waals surface area contributed by atoms with E-state index in [1.54, 1.807) is 56.3 Å². The third-order valence-corrected chi connectivity index (χ3v) is 5.22. The molecule has 0 aliphatic rings. The van der Waals surface area contributed by atoms with Crippen molar-refractivity contribution in [3.05, 3.63) is 76.6 Å². The number of aryl methyl sites for hydroxylation is 2. The molecular weight excluding hydrogens is 412 g/mol. The Morgan fingerprint density at radius 3 is 2.19 bits per heavy atom. The quantitative estimate of drug-likeness (QED) is 0.247. The maximum atomic E-state index is 12.3. The van der Waals surface area contributed by atoms with Gasteiger partial charge in [0.1, 0.15) is 11.5 Å². The summed E-state index contributed by atoms with van der Waals surface area (Å²) in [7, 11) is 3.16. The SMILES string of the molecule is COc1cc(/C=N/NC(=O)c2ccc(CSc3nc(C)cc(C)n3)cc2)cc(OC)c1. The number of carbonyl (C=O) groups excluding carboxylic acids is 1. The second-order valence-electron chi connectivity index (χ2n) is 6.76. The molecule has 0 atom stereocenters. The van der Waals surface area contributed by atoms with Crippen molar-refractivity contribution in [1.82, 2.24) is 15.4 Å². The molecule has 0 radical (unpaired) electrons. The van der Waals surface area contributed by atoms with E-state index in [1.165, 1.54) is 6.21 Å². The zero-order chi connectivity index (χ0) is 22.2. The van der Waals surface area contributed by atoms with E-state index < -0.39 is 0 Å². The maximum absolute atomic E-state index is 12.3. The lowest BCUT2D eigenvalue weighted by Crippen LogP contribution is -2.17. The average Bonchev–Trinajstić information content (AvgIpc) is 2.77. The standard InChI is InChI=1S/C23H24N4O3S/c1-15-9-16(2)26-23(25-15)31-14-17-5-7-19(8-6-17)22(28)27-24-13-18-10-20(29-3)12-21(11-18)30-4/h5-13H,14H2,1-4H3,(H,27,28)/b24-13+. The number of hydrogen-bond donors (Lipinski definition) is 1. The molecule has 3 rings (SSSR count). The number of thioether (sulfide) groups is 1. The number of hydrazone groups is 1. The zero-order valence-electron chi connectivity index (χ0n) is 17.9. The van der Waals surface area contributed by atoms with Crippen molar-refractivity contribution in [2.75, 3.05) is 14.2 Å². The molecule has 160 valence electrons. The van der Waals surface area contributed by atoms with Crippen molar-refractivity contribution in [3.8, 4) is 11.5 Å². The number of hydrogen-bond acceptors (Lipinski definition) is 7. The Labute approximate surface area is 185 Å². The van der Waals surface area contributed by atoms with Crippen LogP contribution in [0, 0.1) is 13.8 Å². The van der Waals surface area contributed by atoms with E-state index in [0.717, 1.165) is 33.4 Å². The highest BCUT2D eigenvalue weighted by Gasteiger charge is 2.06. The first-order valence-corrected chi connectivity index (χ1v) is 10.6. The second-order valence-corrected chi connectivity index (χ2v) is 7.71. The molecule has 31 heavy (non-hydrogen) atoms. The van der Waals surface area contributed by atoms with E-state index in [4.69, 9.17) is 9.47 Å². The van der Waals surface area contributed by atoms with Crippen LogP contribution in [-0.4, -0.2) is 36.3 Å². The first-order valence-electron chi connectivity index (χ1n) is 9.57. The van der Waals surface area contributed by atoms with Crippen LogP contribution in [-0.2, 0) is 5.75 Å². The molecular formula is C23H24N4O3S. The van der Waals surface area contributed by atoms with Crippen molar-refractivity contribution >= 4 is 23.9 Å². The fourth-order valence-corrected chi connectivity index (χ4v) is 3.70. The molecule has 0 saturated carbocycles. The van der Waals surface area contributed by atoms with E-state index in [1.807, 2.05) is 32.0 Å². The fourth-order valence-electron chi connectivity index (χ4n) is 2.79. The van der Waals surface area contributed by atoms with Crippen LogP contribution < -0.4 is 14.9 Å². The van der Waals surface area contributed by atoms with Gasteiger partial charge in [-0.05, 0) is 49.7 Å². The molecule has 0 bridgehead atoms. The highest BCUT2D eigenvalue weighted by Crippen LogP contribution is 2.22. The van der Waals surface area contributed by atoms with Gasteiger partial charge in [0.25, 0.3) is 5.91 Å². The van der Waals surface area contributed by atoms with Crippen LogP contribution in [0.15, 0.2) is 58.8 Å². The average molecular weight is 437 g/mol. The van der Waals surface area contributed by atoms with Crippen LogP contribution in [0.5, 0.6) is 11.5 Å². The molecule has 1 amide bonds. The van der Waals surface area contributed by atoms with Crippen molar-refractivity contribution < 1.29 is 14.3 Å². The number of aromatic nitrogens is 2. The number of nitrogens with one attached hydrogen (secondary N) is 1. The number of nitrogens with zero attached hydrogens (tertiary/aromatic N) is 3. The van der Waals surface area contributed by atoms with Crippen LogP contribution in [0.25, 0.3) is 0 Å². The van der Waals surface area contributed by atoms with E-state index in [2.05, 4.69) is 20.5 Å². The molecule has 7 nitrogen and oxygen atoms in total. The molecule has 0 fully saturated rings. The predicted molar refractivity (Wildman–Crippen MR) is 122 cm³/mol. The molecule has 3 aromatic rings. The third-order valence-electron chi connectivity index (χ3n) is 4.30. The highest BCUT2D eigenvalue weighted by atomic mass is 32.2. The van der Waals surface area contributed by atoms with Gasteiger partial charge in [-0.3, -0.25) is 4.79 Å². The minimum Gasteiger partial charge on any atom is -0.497 e. The molecule has 1 heterocycles. The molecule has 0 unspecified atom stereocenters. The zero-order valence-corrected chi connectivity index (χ0v) is 18.7. The van der Waals surface area contributed by atoms with Crippen molar-refractivity contribution in [1.29, 1.82) is 0 Å². The summed E-state index contributed by atoms with van der Waals surface area (Å²) in [6.45, 7) is 3.92. The molecule has 1 N–H and O–H groups in total. The number of ether oxygens (including phenoxy) is 2. The first-order chi connectivity index (χ1) is 15.0. The molecule has 2 aromatic carbocycles.